The molecule has 76 valence electrons. The summed E-state index contributed by atoms with van der Waals surface area (Å²) in [4.78, 5) is 0. The fourth-order valence-electron chi connectivity index (χ4n) is 1.43. The van der Waals surface area contributed by atoms with Crippen LogP contribution >= 0.6 is 0 Å². The van der Waals surface area contributed by atoms with Crippen molar-refractivity contribution in [2.75, 3.05) is 6.61 Å². The number of aromatic hydroxyl groups is 1. The number of aryl methyl sites for hydroxylation is 1. The molecule has 1 saturated carbocycles. The fourth-order valence-corrected chi connectivity index (χ4v) is 1.43. The van der Waals surface area contributed by atoms with Crippen molar-refractivity contribution >= 4 is 0 Å². The van der Waals surface area contributed by atoms with Crippen molar-refractivity contribution in [3.63, 3.8) is 0 Å². The maximum atomic E-state index is 9.59. The van der Waals surface area contributed by atoms with Crippen molar-refractivity contribution in [3.05, 3.63) is 23.8 Å². The van der Waals surface area contributed by atoms with E-state index in [2.05, 4.69) is 0 Å². The van der Waals surface area contributed by atoms with Gasteiger partial charge in [0.1, 0.15) is 11.5 Å². The van der Waals surface area contributed by atoms with E-state index in [0.29, 0.717) is 5.75 Å². The van der Waals surface area contributed by atoms with E-state index in [4.69, 9.17) is 4.74 Å². The molecule has 0 radical (unpaired) electrons. The Labute approximate surface area is 84.5 Å². The van der Waals surface area contributed by atoms with Gasteiger partial charge in [0.25, 0.3) is 0 Å². The zero-order valence-corrected chi connectivity index (χ0v) is 8.49. The number of hydrogen-bond donors (Lipinski definition) is 1. The van der Waals surface area contributed by atoms with Gasteiger partial charge in [0.05, 0.1) is 6.61 Å². The van der Waals surface area contributed by atoms with Gasteiger partial charge in [-0.3, -0.25) is 0 Å². The second kappa shape index (κ2) is 3.91. The van der Waals surface area contributed by atoms with Gasteiger partial charge >= 0.3 is 0 Å². The highest BCUT2D eigenvalue weighted by Gasteiger charge is 2.21. The first kappa shape index (κ1) is 9.38. The molecule has 0 aliphatic heterocycles. The van der Waals surface area contributed by atoms with Crippen LogP contribution in [-0.2, 0) is 6.42 Å². The Kier molecular flexibility index (Phi) is 2.62. The van der Waals surface area contributed by atoms with Gasteiger partial charge in [-0.1, -0.05) is 13.0 Å². The number of hydrogen-bond acceptors (Lipinski definition) is 2. The van der Waals surface area contributed by atoms with Gasteiger partial charge in [0, 0.05) is 6.07 Å². The molecular formula is C12H16O2. The van der Waals surface area contributed by atoms with Crippen molar-refractivity contribution in [1.82, 2.24) is 0 Å². The van der Waals surface area contributed by atoms with Crippen LogP contribution in [0, 0.1) is 5.92 Å². The normalized spacial score (nSPS) is 15.5. The maximum absolute atomic E-state index is 9.59. The van der Waals surface area contributed by atoms with Gasteiger partial charge in [-0.05, 0) is 36.8 Å². The van der Waals surface area contributed by atoms with E-state index in [1.807, 2.05) is 19.1 Å². The van der Waals surface area contributed by atoms with E-state index in [1.165, 1.54) is 12.8 Å². The number of ether oxygens (including phenoxy) is 1. The summed E-state index contributed by atoms with van der Waals surface area (Å²) in [6, 6.07) is 5.57. The fraction of sp³-hybridized carbons (Fsp3) is 0.500. The van der Waals surface area contributed by atoms with Gasteiger partial charge in [-0.25, -0.2) is 0 Å². The highest BCUT2D eigenvalue weighted by atomic mass is 16.5. The average molecular weight is 192 g/mol. The van der Waals surface area contributed by atoms with Crippen LogP contribution in [0.4, 0.5) is 0 Å². The van der Waals surface area contributed by atoms with E-state index in [-0.39, 0.29) is 0 Å². The molecule has 1 aliphatic carbocycles. The summed E-state index contributed by atoms with van der Waals surface area (Å²) < 4.78 is 5.55. The molecule has 2 heteroatoms. The van der Waals surface area contributed by atoms with Gasteiger partial charge in [0.2, 0.25) is 0 Å². The van der Waals surface area contributed by atoms with E-state index in [1.54, 1.807) is 6.07 Å². The first-order valence-electron chi connectivity index (χ1n) is 5.24. The molecule has 0 aromatic heterocycles. The largest absolute Gasteiger partial charge is 0.508 e. The molecule has 1 aromatic rings. The molecule has 0 bridgehead atoms. The predicted octanol–water partition coefficient (Wildman–Crippen LogP) is 2.74. The molecule has 0 heterocycles. The molecule has 1 aliphatic rings. The second-order valence-corrected chi connectivity index (χ2v) is 3.90. The first-order chi connectivity index (χ1) is 6.79. The summed E-state index contributed by atoms with van der Waals surface area (Å²) in [6.45, 7) is 2.82. The average Bonchev–Trinajstić information content (AvgIpc) is 2.98. The zero-order valence-electron chi connectivity index (χ0n) is 8.49. The number of benzene rings is 1. The second-order valence-electron chi connectivity index (χ2n) is 3.90. The van der Waals surface area contributed by atoms with Crippen LogP contribution in [0.3, 0.4) is 0 Å². The molecule has 0 saturated heterocycles. The molecule has 1 aromatic carbocycles. The zero-order chi connectivity index (χ0) is 9.97. The van der Waals surface area contributed by atoms with Crippen molar-refractivity contribution < 1.29 is 9.84 Å². The summed E-state index contributed by atoms with van der Waals surface area (Å²) in [5, 5.41) is 9.59. The van der Waals surface area contributed by atoms with Crippen molar-refractivity contribution in [2.24, 2.45) is 5.92 Å². The Bertz CT molecular complexity index is 316. The molecule has 0 spiro atoms. The quantitative estimate of drug-likeness (QED) is 0.794. The number of rotatable bonds is 4. The van der Waals surface area contributed by atoms with E-state index in [0.717, 1.165) is 30.3 Å². The summed E-state index contributed by atoms with van der Waals surface area (Å²) >= 11 is 0. The molecule has 0 amide bonds. The molecular weight excluding hydrogens is 176 g/mol. The Morgan fingerprint density at radius 2 is 2.21 bits per heavy atom. The SMILES string of the molecule is CCc1ccc(OCC2CC2)cc1O. The highest BCUT2D eigenvalue weighted by Crippen LogP contribution is 2.30. The summed E-state index contributed by atoms with van der Waals surface area (Å²) in [6.07, 6.45) is 3.44. The van der Waals surface area contributed by atoms with Crippen molar-refractivity contribution in [3.8, 4) is 11.5 Å². The molecule has 0 atom stereocenters. The third kappa shape index (κ3) is 2.19. The Balaban J connectivity index is 1.99. The molecule has 2 rings (SSSR count). The van der Waals surface area contributed by atoms with Gasteiger partial charge in [-0.15, -0.1) is 0 Å². The Morgan fingerprint density at radius 1 is 1.43 bits per heavy atom. The molecule has 14 heavy (non-hydrogen) atoms. The number of phenolic OH excluding ortho intramolecular Hbond substituents is 1. The van der Waals surface area contributed by atoms with Gasteiger partial charge in [0.15, 0.2) is 0 Å². The van der Waals surface area contributed by atoms with Crippen LogP contribution in [0.25, 0.3) is 0 Å². The maximum Gasteiger partial charge on any atom is 0.123 e. The minimum atomic E-state index is 0.348. The smallest absolute Gasteiger partial charge is 0.123 e. The molecule has 2 nitrogen and oxygen atoms in total. The van der Waals surface area contributed by atoms with Crippen LogP contribution in [0.2, 0.25) is 0 Å². The lowest BCUT2D eigenvalue weighted by Gasteiger charge is -2.07. The highest BCUT2D eigenvalue weighted by molar-refractivity contribution is 5.39. The van der Waals surface area contributed by atoms with E-state index < -0.39 is 0 Å². The monoisotopic (exact) mass is 192 g/mol. The lowest BCUT2D eigenvalue weighted by Crippen LogP contribution is -1.98. The van der Waals surface area contributed by atoms with Gasteiger partial charge in [-0.2, -0.15) is 0 Å². The summed E-state index contributed by atoms with van der Waals surface area (Å²) in [7, 11) is 0. The van der Waals surface area contributed by atoms with Crippen LogP contribution in [0.15, 0.2) is 18.2 Å². The lowest BCUT2D eigenvalue weighted by molar-refractivity contribution is 0.298. The topological polar surface area (TPSA) is 29.5 Å². The van der Waals surface area contributed by atoms with Crippen molar-refractivity contribution in [1.29, 1.82) is 0 Å². The van der Waals surface area contributed by atoms with Crippen LogP contribution < -0.4 is 4.74 Å². The van der Waals surface area contributed by atoms with Crippen LogP contribution in [0.1, 0.15) is 25.3 Å². The molecule has 1 N–H and O–H groups in total. The minimum Gasteiger partial charge on any atom is -0.508 e. The van der Waals surface area contributed by atoms with Crippen LogP contribution in [-0.4, -0.2) is 11.7 Å². The third-order valence-corrected chi connectivity index (χ3v) is 2.62. The predicted molar refractivity (Wildman–Crippen MR) is 55.7 cm³/mol. The minimum absolute atomic E-state index is 0.348. The third-order valence-electron chi connectivity index (χ3n) is 2.62. The lowest BCUT2D eigenvalue weighted by atomic mass is 10.1. The molecule has 0 unspecified atom stereocenters. The van der Waals surface area contributed by atoms with Gasteiger partial charge < -0.3 is 9.84 Å². The number of phenols is 1. The van der Waals surface area contributed by atoms with E-state index in [9.17, 15) is 5.11 Å². The van der Waals surface area contributed by atoms with Crippen LogP contribution in [0.5, 0.6) is 11.5 Å². The Hall–Kier alpha value is -1.18. The summed E-state index contributed by atoms with van der Waals surface area (Å²) in [5.74, 6) is 1.88. The first-order valence-corrected chi connectivity index (χ1v) is 5.24. The Morgan fingerprint density at radius 3 is 2.79 bits per heavy atom. The summed E-state index contributed by atoms with van der Waals surface area (Å²) in [5.41, 5.74) is 0.976. The van der Waals surface area contributed by atoms with E-state index >= 15 is 0 Å². The van der Waals surface area contributed by atoms with Crippen molar-refractivity contribution in [2.45, 2.75) is 26.2 Å². The standard InChI is InChI=1S/C12H16O2/c1-2-10-5-6-11(7-12(10)13)14-8-9-3-4-9/h5-7,9,13H,2-4,8H2,1H3. The molecule has 1 fully saturated rings.